The van der Waals surface area contributed by atoms with Crippen LogP contribution in [0.4, 0.5) is 0 Å². The van der Waals surface area contributed by atoms with Crippen LogP contribution in [0.5, 0.6) is 5.75 Å². The van der Waals surface area contributed by atoms with Gasteiger partial charge >= 0.3 is 0 Å². The van der Waals surface area contributed by atoms with Crippen molar-refractivity contribution in [1.29, 1.82) is 0 Å². The molecular formula is C15H23NO4S. The highest BCUT2D eigenvalue weighted by atomic mass is 32.2. The molecule has 2 N–H and O–H groups in total. The van der Waals surface area contributed by atoms with Gasteiger partial charge in [-0.25, -0.2) is 8.42 Å². The minimum atomic E-state index is -3.20. The van der Waals surface area contributed by atoms with Crippen molar-refractivity contribution in [3.63, 3.8) is 0 Å². The van der Waals surface area contributed by atoms with Gasteiger partial charge in [0.05, 0.1) is 11.5 Å². The fourth-order valence-electron chi connectivity index (χ4n) is 2.33. The number of aliphatic hydroxyl groups excluding tert-OH is 1. The van der Waals surface area contributed by atoms with Crippen LogP contribution in [-0.2, 0) is 16.4 Å². The van der Waals surface area contributed by atoms with E-state index in [9.17, 15) is 13.5 Å². The van der Waals surface area contributed by atoms with Crippen molar-refractivity contribution < 1.29 is 18.3 Å². The fourth-order valence-corrected chi connectivity index (χ4v) is 3.99. The topological polar surface area (TPSA) is 75.6 Å². The van der Waals surface area contributed by atoms with Gasteiger partial charge in [0.15, 0.2) is 9.84 Å². The molecule has 1 aliphatic heterocycles. The second kappa shape index (κ2) is 6.77. The van der Waals surface area contributed by atoms with E-state index in [4.69, 9.17) is 4.74 Å². The van der Waals surface area contributed by atoms with Gasteiger partial charge in [-0.1, -0.05) is 32.0 Å². The van der Waals surface area contributed by atoms with E-state index < -0.39 is 22.0 Å². The van der Waals surface area contributed by atoms with E-state index in [0.717, 1.165) is 12.1 Å². The first kappa shape index (κ1) is 16.3. The van der Waals surface area contributed by atoms with E-state index in [1.54, 1.807) is 0 Å². The fraction of sp³-hybridized carbons (Fsp3) is 0.600. The smallest absolute Gasteiger partial charge is 0.156 e. The third-order valence-corrected chi connectivity index (χ3v) is 5.08. The highest BCUT2D eigenvalue weighted by Crippen LogP contribution is 2.24. The number of hydrogen-bond donors (Lipinski definition) is 2. The molecular weight excluding hydrogens is 290 g/mol. The minimum absolute atomic E-state index is 0.123. The zero-order valence-corrected chi connectivity index (χ0v) is 13.3. The van der Waals surface area contributed by atoms with Gasteiger partial charge in [-0.15, -0.1) is 0 Å². The molecule has 118 valence electrons. The predicted molar refractivity (Wildman–Crippen MR) is 82.1 cm³/mol. The third kappa shape index (κ3) is 4.69. The van der Waals surface area contributed by atoms with Crippen molar-refractivity contribution in [2.75, 3.05) is 18.1 Å². The van der Waals surface area contributed by atoms with Crippen molar-refractivity contribution in [2.45, 2.75) is 32.6 Å². The van der Waals surface area contributed by atoms with E-state index >= 15 is 0 Å². The summed E-state index contributed by atoms with van der Waals surface area (Å²) in [7, 11) is -3.20. The lowest BCUT2D eigenvalue weighted by atomic mass is 10.1. The van der Waals surface area contributed by atoms with Gasteiger partial charge < -0.3 is 15.2 Å². The standard InChI is InChI=1S/C15H23NO4S/c1-11(2)7-16-8-12-5-3-4-6-14(12)20-15-10-21(18,19)9-13(15)17/h3-6,11,13,15-17H,7-10H2,1-2H3. The van der Waals surface area contributed by atoms with Crippen molar-refractivity contribution >= 4 is 9.84 Å². The first-order chi connectivity index (χ1) is 9.87. The Labute approximate surface area is 126 Å². The van der Waals surface area contributed by atoms with Crippen molar-refractivity contribution in [1.82, 2.24) is 5.32 Å². The maximum absolute atomic E-state index is 11.5. The average Bonchev–Trinajstić information content (AvgIpc) is 2.64. The highest BCUT2D eigenvalue weighted by Gasteiger charge is 2.38. The minimum Gasteiger partial charge on any atom is -0.486 e. The number of para-hydroxylation sites is 1. The summed E-state index contributed by atoms with van der Waals surface area (Å²) in [5.74, 6) is 0.850. The molecule has 1 aliphatic rings. The summed E-state index contributed by atoms with van der Waals surface area (Å²) in [6.45, 7) is 5.82. The first-order valence-electron chi connectivity index (χ1n) is 7.21. The van der Waals surface area contributed by atoms with Crippen molar-refractivity contribution in [2.24, 2.45) is 5.92 Å². The third-order valence-electron chi connectivity index (χ3n) is 3.39. The number of rotatable bonds is 6. The zero-order valence-electron chi connectivity index (χ0n) is 12.5. The molecule has 2 atom stereocenters. The molecule has 1 saturated heterocycles. The number of benzene rings is 1. The Morgan fingerprint density at radius 3 is 2.67 bits per heavy atom. The van der Waals surface area contributed by atoms with E-state index in [1.165, 1.54) is 0 Å². The van der Waals surface area contributed by atoms with Gasteiger partial charge in [0.1, 0.15) is 18.0 Å². The summed E-state index contributed by atoms with van der Waals surface area (Å²) in [6.07, 6.45) is -1.63. The molecule has 0 bridgehead atoms. The van der Waals surface area contributed by atoms with Crippen LogP contribution >= 0.6 is 0 Å². The molecule has 6 heteroatoms. The molecule has 2 rings (SSSR count). The normalized spacial score (nSPS) is 24.4. The average molecular weight is 313 g/mol. The van der Waals surface area contributed by atoms with Crippen LogP contribution in [0.15, 0.2) is 24.3 Å². The molecule has 0 amide bonds. The lowest BCUT2D eigenvalue weighted by Crippen LogP contribution is -2.30. The number of hydrogen-bond acceptors (Lipinski definition) is 5. The van der Waals surface area contributed by atoms with Gasteiger partial charge in [-0.05, 0) is 18.5 Å². The maximum atomic E-state index is 11.5. The summed E-state index contributed by atoms with van der Waals surface area (Å²) in [5, 5.41) is 13.1. The molecule has 1 heterocycles. The Bertz CT molecular complexity index is 571. The van der Waals surface area contributed by atoms with Gasteiger partial charge in [0.2, 0.25) is 0 Å². The number of nitrogens with one attached hydrogen (secondary N) is 1. The summed E-state index contributed by atoms with van der Waals surface area (Å²) in [6, 6.07) is 7.51. The van der Waals surface area contributed by atoms with Gasteiger partial charge in [0.25, 0.3) is 0 Å². The maximum Gasteiger partial charge on any atom is 0.156 e. The molecule has 2 unspecified atom stereocenters. The van der Waals surface area contributed by atoms with Crippen LogP contribution in [0.3, 0.4) is 0 Å². The largest absolute Gasteiger partial charge is 0.486 e. The van der Waals surface area contributed by atoms with Crippen LogP contribution in [0.1, 0.15) is 19.4 Å². The first-order valence-corrected chi connectivity index (χ1v) is 9.03. The van der Waals surface area contributed by atoms with Crippen LogP contribution < -0.4 is 10.1 Å². The molecule has 0 saturated carbocycles. The molecule has 0 aromatic heterocycles. The second-order valence-electron chi connectivity index (χ2n) is 5.93. The molecule has 0 radical (unpaired) electrons. The Balaban J connectivity index is 2.03. The summed E-state index contributed by atoms with van der Waals surface area (Å²) < 4.78 is 28.8. The number of aliphatic hydroxyl groups is 1. The second-order valence-corrected chi connectivity index (χ2v) is 8.09. The molecule has 0 spiro atoms. The van der Waals surface area contributed by atoms with Crippen LogP contribution in [0.2, 0.25) is 0 Å². The van der Waals surface area contributed by atoms with Gasteiger partial charge in [0, 0.05) is 12.1 Å². The summed E-state index contributed by atoms with van der Waals surface area (Å²) >= 11 is 0. The number of ether oxygens (including phenoxy) is 1. The molecule has 1 aromatic carbocycles. The van der Waals surface area contributed by atoms with E-state index in [0.29, 0.717) is 18.2 Å². The Kier molecular flexibility index (Phi) is 5.24. The van der Waals surface area contributed by atoms with E-state index in [-0.39, 0.29) is 11.5 Å². The Hall–Kier alpha value is -1.11. The van der Waals surface area contributed by atoms with Crippen molar-refractivity contribution in [3.8, 4) is 5.75 Å². The van der Waals surface area contributed by atoms with Crippen molar-refractivity contribution in [3.05, 3.63) is 29.8 Å². The summed E-state index contributed by atoms with van der Waals surface area (Å²) in [4.78, 5) is 0. The van der Waals surface area contributed by atoms with Gasteiger partial charge in [-0.3, -0.25) is 0 Å². The molecule has 5 nitrogen and oxygen atoms in total. The SMILES string of the molecule is CC(C)CNCc1ccccc1OC1CS(=O)(=O)CC1O. The van der Waals surface area contributed by atoms with E-state index in [1.807, 2.05) is 24.3 Å². The lowest BCUT2D eigenvalue weighted by Gasteiger charge is -2.18. The van der Waals surface area contributed by atoms with Gasteiger partial charge in [-0.2, -0.15) is 0 Å². The van der Waals surface area contributed by atoms with Crippen LogP contribution in [0.25, 0.3) is 0 Å². The zero-order chi connectivity index (χ0) is 15.5. The molecule has 1 aromatic rings. The van der Waals surface area contributed by atoms with Crippen LogP contribution in [-0.4, -0.2) is 43.8 Å². The monoisotopic (exact) mass is 313 g/mol. The summed E-state index contributed by atoms with van der Waals surface area (Å²) in [5.41, 5.74) is 0.967. The Morgan fingerprint density at radius 1 is 1.33 bits per heavy atom. The molecule has 21 heavy (non-hydrogen) atoms. The van der Waals surface area contributed by atoms with Crippen LogP contribution in [0, 0.1) is 5.92 Å². The highest BCUT2D eigenvalue weighted by molar-refractivity contribution is 7.91. The van der Waals surface area contributed by atoms with E-state index in [2.05, 4.69) is 19.2 Å². The quantitative estimate of drug-likeness (QED) is 0.818. The molecule has 1 fully saturated rings. The lowest BCUT2D eigenvalue weighted by molar-refractivity contribution is 0.0730. The number of sulfone groups is 1. The molecule has 0 aliphatic carbocycles. The Morgan fingerprint density at radius 2 is 2.05 bits per heavy atom. The predicted octanol–water partition coefficient (Wildman–Crippen LogP) is 0.969.